The number of nitrogens with zero attached hydrogens (tertiary/aromatic N) is 3. The SMILES string of the molecule is CCC1C(n2c3ccccc3c3cc4c5c6ccccc6ccc5n5c6ccccc6c(c32)c45)=CCCc2c(sc3ccccc23)C1n1c2ccccc2c2ccccc21. The van der Waals surface area contributed by atoms with Crippen molar-refractivity contribution >= 4 is 120 Å². The van der Waals surface area contributed by atoms with Crippen LogP contribution >= 0.6 is 11.3 Å². The van der Waals surface area contributed by atoms with Crippen LogP contribution in [0, 0.1) is 5.92 Å². The fraction of sp³-hybridized carbons (Fsp3) is 0.107. The van der Waals surface area contributed by atoms with E-state index in [1.165, 1.54) is 119 Å². The predicted octanol–water partition coefficient (Wildman–Crippen LogP) is 15.5. The lowest BCUT2D eigenvalue weighted by Gasteiger charge is -2.34. The van der Waals surface area contributed by atoms with Gasteiger partial charge in [-0.1, -0.05) is 134 Å². The number of allylic oxidation sites excluding steroid dienone is 2. The zero-order valence-electron chi connectivity index (χ0n) is 33.2. The smallest absolute Gasteiger partial charge is 0.0770 e. The summed E-state index contributed by atoms with van der Waals surface area (Å²) in [5.74, 6) is 0.171. The van der Waals surface area contributed by atoms with Gasteiger partial charge in [0.2, 0.25) is 0 Å². The van der Waals surface area contributed by atoms with Crippen LogP contribution in [0.1, 0.15) is 36.2 Å². The Morgan fingerprint density at radius 3 is 1.88 bits per heavy atom. The van der Waals surface area contributed by atoms with Crippen molar-refractivity contribution in [2.75, 3.05) is 0 Å². The molecule has 0 bridgehead atoms. The first-order valence-electron chi connectivity index (χ1n) is 21.5. The van der Waals surface area contributed by atoms with Gasteiger partial charge in [-0.3, -0.25) is 0 Å². The van der Waals surface area contributed by atoms with Crippen LogP contribution in [0.2, 0.25) is 0 Å². The third-order valence-electron chi connectivity index (χ3n) is 14.1. The monoisotopic (exact) mass is 785 g/mol. The van der Waals surface area contributed by atoms with Crippen molar-refractivity contribution in [2.45, 2.75) is 32.2 Å². The second kappa shape index (κ2) is 12.1. The number of fused-ring (bicyclic) bond motifs is 18. The summed E-state index contributed by atoms with van der Waals surface area (Å²) in [4.78, 5) is 1.50. The Balaban J connectivity index is 1.15. The van der Waals surface area contributed by atoms with Crippen LogP contribution in [0.3, 0.4) is 0 Å². The molecule has 5 aromatic heterocycles. The summed E-state index contributed by atoms with van der Waals surface area (Å²) >= 11 is 2.02. The van der Waals surface area contributed by atoms with E-state index in [0.29, 0.717) is 0 Å². The third kappa shape index (κ3) is 4.14. The Kier molecular flexibility index (Phi) is 6.65. The molecule has 5 heterocycles. The van der Waals surface area contributed by atoms with Crippen LogP contribution in [0.4, 0.5) is 0 Å². The maximum Gasteiger partial charge on any atom is 0.0770 e. The van der Waals surface area contributed by atoms with Crippen LogP contribution < -0.4 is 0 Å². The van der Waals surface area contributed by atoms with E-state index in [0.717, 1.165) is 19.3 Å². The highest BCUT2D eigenvalue weighted by Gasteiger charge is 2.36. The standard InChI is InChI=1S/C56H39N3S/c1-2-34-44(28-15-23-40-39-21-9-14-29-50(39)60-56(40)55(34)58-45-24-10-5-18-36(45)37-19-6-11-25-46(37)58)57-47-26-12-7-20-38(47)42-32-43-51-35-17-4-3-16-33(35)30-31-49(51)59-48-27-13-8-22-41(48)52(53(42)57)54(43)59/h3-14,16-22,24-32,34,55H,2,15,23H2,1H3. The van der Waals surface area contributed by atoms with E-state index in [9.17, 15) is 0 Å². The number of aryl methyl sites for hydroxylation is 1. The Bertz CT molecular complexity index is 3910. The molecule has 8 aromatic carbocycles. The van der Waals surface area contributed by atoms with Crippen molar-refractivity contribution in [3.05, 3.63) is 180 Å². The first-order chi connectivity index (χ1) is 29.8. The second-order valence-corrected chi connectivity index (χ2v) is 18.0. The lowest BCUT2D eigenvalue weighted by molar-refractivity contribution is 0.456. The molecule has 0 aliphatic heterocycles. The predicted molar refractivity (Wildman–Crippen MR) is 257 cm³/mol. The topological polar surface area (TPSA) is 14.3 Å². The van der Waals surface area contributed by atoms with E-state index < -0.39 is 0 Å². The lowest BCUT2D eigenvalue weighted by Crippen LogP contribution is -2.25. The van der Waals surface area contributed by atoms with E-state index in [2.05, 4.69) is 190 Å². The minimum Gasteiger partial charge on any atom is -0.331 e. The molecule has 13 aromatic rings. The largest absolute Gasteiger partial charge is 0.331 e. The van der Waals surface area contributed by atoms with Crippen molar-refractivity contribution in [3.63, 3.8) is 0 Å². The van der Waals surface area contributed by atoms with E-state index in [1.54, 1.807) is 0 Å². The van der Waals surface area contributed by atoms with Gasteiger partial charge in [-0.25, -0.2) is 0 Å². The van der Waals surface area contributed by atoms with Gasteiger partial charge in [0.05, 0.1) is 33.6 Å². The van der Waals surface area contributed by atoms with Gasteiger partial charge in [0.1, 0.15) is 0 Å². The minimum atomic E-state index is 0.0809. The molecule has 60 heavy (non-hydrogen) atoms. The molecule has 0 radical (unpaired) electrons. The second-order valence-electron chi connectivity index (χ2n) is 16.9. The van der Waals surface area contributed by atoms with Gasteiger partial charge in [-0.05, 0) is 83.4 Å². The molecule has 0 N–H and O–H groups in total. The summed E-state index contributed by atoms with van der Waals surface area (Å²) in [5, 5.41) is 14.6. The summed E-state index contributed by atoms with van der Waals surface area (Å²) in [7, 11) is 0. The molecule has 0 amide bonds. The maximum atomic E-state index is 2.73. The molecule has 1 aliphatic carbocycles. The van der Waals surface area contributed by atoms with Crippen molar-refractivity contribution in [1.29, 1.82) is 0 Å². The number of hydrogen-bond acceptors (Lipinski definition) is 1. The van der Waals surface area contributed by atoms with Gasteiger partial charge in [0, 0.05) is 75.3 Å². The Morgan fingerprint density at radius 1 is 0.517 bits per heavy atom. The molecular weight excluding hydrogens is 747 g/mol. The Labute approximate surface area is 349 Å². The average Bonchev–Trinajstić information content (AvgIpc) is 4.09. The van der Waals surface area contributed by atoms with Gasteiger partial charge in [0.25, 0.3) is 0 Å². The van der Waals surface area contributed by atoms with E-state index in [4.69, 9.17) is 0 Å². The molecular formula is C56H39N3S. The summed E-state index contributed by atoms with van der Waals surface area (Å²) in [5.41, 5.74) is 12.0. The molecule has 2 atom stereocenters. The summed E-state index contributed by atoms with van der Waals surface area (Å²) in [6, 6.07) is 61.9. The first-order valence-corrected chi connectivity index (χ1v) is 22.3. The highest BCUT2D eigenvalue weighted by Crippen LogP contribution is 2.52. The van der Waals surface area contributed by atoms with Crippen molar-refractivity contribution in [1.82, 2.24) is 13.5 Å². The highest BCUT2D eigenvalue weighted by molar-refractivity contribution is 7.19. The fourth-order valence-corrected chi connectivity index (χ4v) is 13.2. The first kappa shape index (κ1) is 33.0. The normalized spacial score (nSPS) is 16.4. The maximum absolute atomic E-state index is 2.73. The van der Waals surface area contributed by atoms with E-state index >= 15 is 0 Å². The molecule has 0 saturated heterocycles. The zero-order chi connectivity index (χ0) is 39.2. The van der Waals surface area contributed by atoms with Crippen LogP contribution in [0.25, 0.3) is 108 Å². The molecule has 14 rings (SSSR count). The molecule has 2 unspecified atom stereocenters. The number of thiophene rings is 1. The summed E-state index contributed by atoms with van der Waals surface area (Å²) in [6.45, 7) is 2.43. The third-order valence-corrected chi connectivity index (χ3v) is 15.4. The number of rotatable bonds is 3. The summed E-state index contributed by atoms with van der Waals surface area (Å²) in [6.07, 6.45) is 5.61. The fourth-order valence-electron chi connectivity index (χ4n) is 11.8. The van der Waals surface area contributed by atoms with Crippen LogP contribution in [0.5, 0.6) is 0 Å². The van der Waals surface area contributed by atoms with Gasteiger partial charge < -0.3 is 13.5 Å². The molecule has 0 spiro atoms. The van der Waals surface area contributed by atoms with Crippen LogP contribution in [-0.4, -0.2) is 13.5 Å². The van der Waals surface area contributed by atoms with E-state index in [-0.39, 0.29) is 12.0 Å². The minimum absolute atomic E-state index is 0.0809. The van der Waals surface area contributed by atoms with E-state index in [1.807, 2.05) is 11.3 Å². The summed E-state index contributed by atoms with van der Waals surface area (Å²) < 4.78 is 9.41. The average molecular weight is 786 g/mol. The molecule has 4 heteroatoms. The Morgan fingerprint density at radius 2 is 1.13 bits per heavy atom. The number of benzene rings is 8. The number of para-hydroxylation sites is 4. The quantitative estimate of drug-likeness (QED) is 0.169. The van der Waals surface area contributed by atoms with Crippen molar-refractivity contribution in [2.24, 2.45) is 5.92 Å². The lowest BCUT2D eigenvalue weighted by atomic mass is 9.85. The molecule has 0 saturated carbocycles. The molecule has 0 fully saturated rings. The van der Waals surface area contributed by atoms with Crippen LogP contribution in [0.15, 0.2) is 170 Å². The van der Waals surface area contributed by atoms with Gasteiger partial charge in [0.15, 0.2) is 0 Å². The van der Waals surface area contributed by atoms with Crippen molar-refractivity contribution < 1.29 is 0 Å². The van der Waals surface area contributed by atoms with Gasteiger partial charge >= 0.3 is 0 Å². The van der Waals surface area contributed by atoms with Gasteiger partial charge in [-0.2, -0.15) is 0 Å². The molecule has 1 aliphatic rings. The Hall–Kier alpha value is -6.88. The van der Waals surface area contributed by atoms with Gasteiger partial charge in [-0.15, -0.1) is 11.3 Å². The zero-order valence-corrected chi connectivity index (χ0v) is 34.0. The molecule has 284 valence electrons. The molecule has 3 nitrogen and oxygen atoms in total. The van der Waals surface area contributed by atoms with Crippen LogP contribution in [-0.2, 0) is 6.42 Å². The number of hydrogen-bond donors (Lipinski definition) is 0. The highest BCUT2D eigenvalue weighted by atomic mass is 32.1. The van der Waals surface area contributed by atoms with Crippen molar-refractivity contribution in [3.8, 4) is 0 Å². The number of aromatic nitrogens is 3.